The van der Waals surface area contributed by atoms with Crippen molar-refractivity contribution in [3.63, 3.8) is 0 Å². The summed E-state index contributed by atoms with van der Waals surface area (Å²) in [5.41, 5.74) is 4.15. The minimum Gasteiger partial charge on any atom is -0.342 e. The van der Waals surface area contributed by atoms with E-state index in [0.29, 0.717) is 5.75 Å². The molecule has 2 aromatic heterocycles. The van der Waals surface area contributed by atoms with E-state index < -0.39 is 0 Å². The Bertz CT molecular complexity index is 992. The van der Waals surface area contributed by atoms with Gasteiger partial charge in [-0.3, -0.25) is 4.79 Å². The third-order valence-electron chi connectivity index (χ3n) is 5.20. The van der Waals surface area contributed by atoms with Crippen LogP contribution < -0.4 is 0 Å². The largest absolute Gasteiger partial charge is 0.342 e. The summed E-state index contributed by atoms with van der Waals surface area (Å²) < 4.78 is 1.85. The molecule has 6 nitrogen and oxygen atoms in total. The highest BCUT2D eigenvalue weighted by Crippen LogP contribution is 2.27. The SMILES string of the molecule is Cc1ccc(-n2ncc3c(SCC(=O)N4CCCCCC4)ncnc32)c(C)c1. The Hall–Kier alpha value is -2.41. The number of rotatable bonds is 4. The number of hydrogen-bond donors (Lipinski definition) is 0. The van der Waals surface area contributed by atoms with Crippen LogP contribution in [0.2, 0.25) is 0 Å². The van der Waals surface area contributed by atoms with Crippen molar-refractivity contribution < 1.29 is 4.79 Å². The number of aromatic nitrogens is 4. The van der Waals surface area contributed by atoms with Crippen molar-refractivity contribution >= 4 is 28.7 Å². The molecule has 146 valence electrons. The minimum absolute atomic E-state index is 0.195. The van der Waals surface area contributed by atoms with E-state index in [0.717, 1.165) is 53.2 Å². The van der Waals surface area contributed by atoms with Gasteiger partial charge in [0.25, 0.3) is 0 Å². The van der Waals surface area contributed by atoms with E-state index >= 15 is 0 Å². The van der Waals surface area contributed by atoms with E-state index in [1.54, 1.807) is 12.5 Å². The van der Waals surface area contributed by atoms with Crippen molar-refractivity contribution in [1.29, 1.82) is 0 Å². The second kappa shape index (κ2) is 8.31. The molecule has 1 saturated heterocycles. The van der Waals surface area contributed by atoms with Gasteiger partial charge in [0.1, 0.15) is 11.4 Å². The number of benzene rings is 1. The van der Waals surface area contributed by atoms with Gasteiger partial charge in [-0.1, -0.05) is 42.3 Å². The van der Waals surface area contributed by atoms with Gasteiger partial charge in [-0.05, 0) is 38.3 Å². The van der Waals surface area contributed by atoms with Crippen LogP contribution >= 0.6 is 11.8 Å². The van der Waals surface area contributed by atoms with Crippen LogP contribution in [0.5, 0.6) is 0 Å². The molecule has 4 rings (SSSR count). The van der Waals surface area contributed by atoms with Crippen LogP contribution in [-0.2, 0) is 4.79 Å². The number of nitrogens with zero attached hydrogens (tertiary/aromatic N) is 5. The highest BCUT2D eigenvalue weighted by molar-refractivity contribution is 8.00. The van der Waals surface area contributed by atoms with Crippen molar-refractivity contribution in [2.45, 2.75) is 44.6 Å². The Morgan fingerprint density at radius 2 is 1.89 bits per heavy atom. The molecule has 0 saturated carbocycles. The summed E-state index contributed by atoms with van der Waals surface area (Å²) in [5, 5.41) is 6.25. The molecule has 0 N–H and O–H groups in total. The van der Waals surface area contributed by atoms with Crippen LogP contribution in [0.4, 0.5) is 0 Å². The van der Waals surface area contributed by atoms with E-state index in [4.69, 9.17) is 0 Å². The predicted molar refractivity (Wildman–Crippen MR) is 112 cm³/mol. The zero-order chi connectivity index (χ0) is 19.5. The minimum atomic E-state index is 0.195. The Morgan fingerprint density at radius 3 is 2.64 bits per heavy atom. The molecule has 0 spiro atoms. The van der Waals surface area contributed by atoms with Gasteiger partial charge in [-0.2, -0.15) is 5.10 Å². The van der Waals surface area contributed by atoms with Crippen LogP contribution in [0.25, 0.3) is 16.7 Å². The molecule has 0 bridgehead atoms. The lowest BCUT2D eigenvalue weighted by molar-refractivity contribution is -0.128. The summed E-state index contributed by atoms with van der Waals surface area (Å²) in [7, 11) is 0. The number of aryl methyl sites for hydroxylation is 2. The van der Waals surface area contributed by atoms with E-state index in [2.05, 4.69) is 47.1 Å². The number of fused-ring (bicyclic) bond motifs is 1. The first kappa shape index (κ1) is 18.9. The summed E-state index contributed by atoms with van der Waals surface area (Å²) in [5.74, 6) is 0.598. The Labute approximate surface area is 169 Å². The molecule has 3 heterocycles. The van der Waals surface area contributed by atoms with Crippen molar-refractivity contribution in [1.82, 2.24) is 24.6 Å². The van der Waals surface area contributed by atoms with Crippen molar-refractivity contribution in [3.8, 4) is 5.69 Å². The first-order valence-electron chi connectivity index (χ1n) is 9.80. The third kappa shape index (κ3) is 3.90. The van der Waals surface area contributed by atoms with Crippen LogP contribution in [0.15, 0.2) is 35.7 Å². The third-order valence-corrected chi connectivity index (χ3v) is 6.19. The lowest BCUT2D eigenvalue weighted by Crippen LogP contribution is -2.33. The molecule has 1 amide bonds. The number of likely N-dealkylation sites (tertiary alicyclic amines) is 1. The summed E-state index contributed by atoms with van der Waals surface area (Å²) in [6, 6.07) is 6.28. The fourth-order valence-electron chi connectivity index (χ4n) is 3.70. The molecule has 0 aliphatic carbocycles. The van der Waals surface area contributed by atoms with Crippen LogP contribution in [0.3, 0.4) is 0 Å². The van der Waals surface area contributed by atoms with Gasteiger partial charge < -0.3 is 4.90 Å². The predicted octanol–water partition coefficient (Wildman–Crippen LogP) is 3.93. The average molecular weight is 396 g/mol. The van der Waals surface area contributed by atoms with Gasteiger partial charge in [-0.25, -0.2) is 14.6 Å². The lowest BCUT2D eigenvalue weighted by atomic mass is 10.1. The molecule has 1 aliphatic heterocycles. The van der Waals surface area contributed by atoms with Crippen molar-refractivity contribution in [2.75, 3.05) is 18.8 Å². The zero-order valence-corrected chi connectivity index (χ0v) is 17.2. The number of hydrogen-bond acceptors (Lipinski definition) is 5. The second-order valence-electron chi connectivity index (χ2n) is 7.35. The molecule has 1 aromatic carbocycles. The highest BCUT2D eigenvalue weighted by Gasteiger charge is 2.18. The highest BCUT2D eigenvalue weighted by atomic mass is 32.2. The molecule has 1 aliphatic rings. The molecular formula is C21H25N5OS. The molecular weight excluding hydrogens is 370 g/mol. The second-order valence-corrected chi connectivity index (χ2v) is 8.31. The molecule has 0 radical (unpaired) electrons. The maximum absolute atomic E-state index is 12.6. The van der Waals surface area contributed by atoms with E-state index in [-0.39, 0.29) is 5.91 Å². The van der Waals surface area contributed by atoms with Crippen LogP contribution in [-0.4, -0.2) is 49.4 Å². The van der Waals surface area contributed by atoms with Gasteiger partial charge in [-0.15, -0.1) is 0 Å². The van der Waals surface area contributed by atoms with E-state index in [1.165, 1.54) is 30.2 Å². The quantitative estimate of drug-likeness (QED) is 0.495. The summed E-state index contributed by atoms with van der Waals surface area (Å²) in [4.78, 5) is 23.5. The summed E-state index contributed by atoms with van der Waals surface area (Å²) >= 11 is 1.48. The Balaban J connectivity index is 1.56. The molecule has 28 heavy (non-hydrogen) atoms. The summed E-state index contributed by atoms with van der Waals surface area (Å²) in [6.07, 6.45) is 8.02. The fraction of sp³-hybridized carbons (Fsp3) is 0.429. The molecule has 3 aromatic rings. The lowest BCUT2D eigenvalue weighted by Gasteiger charge is -2.19. The number of carbonyl (C=O) groups excluding carboxylic acids is 1. The zero-order valence-electron chi connectivity index (χ0n) is 16.4. The number of amides is 1. The first-order chi connectivity index (χ1) is 13.6. The normalized spacial score (nSPS) is 15.0. The van der Waals surface area contributed by atoms with Gasteiger partial charge >= 0.3 is 0 Å². The van der Waals surface area contributed by atoms with Gasteiger partial charge in [0, 0.05) is 13.1 Å². The Kier molecular flexibility index (Phi) is 5.62. The van der Waals surface area contributed by atoms with Crippen molar-refractivity contribution in [2.24, 2.45) is 0 Å². The molecule has 0 atom stereocenters. The topological polar surface area (TPSA) is 63.9 Å². The van der Waals surface area contributed by atoms with E-state index in [9.17, 15) is 4.79 Å². The van der Waals surface area contributed by atoms with Crippen molar-refractivity contribution in [3.05, 3.63) is 41.9 Å². The number of thioether (sulfide) groups is 1. The monoisotopic (exact) mass is 395 g/mol. The van der Waals surface area contributed by atoms with Crippen LogP contribution in [0, 0.1) is 13.8 Å². The van der Waals surface area contributed by atoms with Gasteiger partial charge in [0.15, 0.2) is 5.65 Å². The smallest absolute Gasteiger partial charge is 0.232 e. The van der Waals surface area contributed by atoms with E-state index in [1.807, 2.05) is 9.58 Å². The van der Waals surface area contributed by atoms with Gasteiger partial charge in [0.2, 0.25) is 5.91 Å². The average Bonchev–Trinajstić information content (AvgIpc) is 2.93. The maximum atomic E-state index is 12.6. The summed E-state index contributed by atoms with van der Waals surface area (Å²) in [6.45, 7) is 5.91. The molecule has 0 unspecified atom stereocenters. The standard InChI is InChI=1S/C21H25N5OS/c1-15-7-8-18(16(2)11-15)26-20-17(12-24-26)21(23-14-22-20)28-13-19(27)25-9-5-3-4-6-10-25/h7-8,11-12,14H,3-6,9-10,13H2,1-2H3. The number of carbonyl (C=O) groups is 1. The maximum Gasteiger partial charge on any atom is 0.232 e. The van der Waals surface area contributed by atoms with Gasteiger partial charge in [0.05, 0.1) is 23.0 Å². The fourth-order valence-corrected chi connectivity index (χ4v) is 4.56. The molecule has 1 fully saturated rings. The first-order valence-corrected chi connectivity index (χ1v) is 10.8. The Morgan fingerprint density at radius 1 is 1.11 bits per heavy atom. The molecule has 7 heteroatoms. The van der Waals surface area contributed by atoms with Crippen LogP contribution in [0.1, 0.15) is 36.8 Å².